The topological polar surface area (TPSA) is 135 Å². The summed E-state index contributed by atoms with van der Waals surface area (Å²) in [6.45, 7) is 5.73. The first kappa shape index (κ1) is 35.2. The molecule has 2 aromatic rings. The van der Waals surface area contributed by atoms with Crippen LogP contribution < -0.4 is 16.0 Å². The highest BCUT2D eigenvalue weighted by Gasteiger charge is 2.44. The lowest BCUT2D eigenvalue weighted by atomic mass is 9.83. The number of likely N-dealkylation sites (N-methyl/N-ethyl adjacent to an activating group) is 1. The molecule has 0 bridgehead atoms. The Kier molecular flexibility index (Phi) is 11.8. The largest absolute Gasteiger partial charge is 0.349 e. The number of benzene rings is 2. The molecule has 2 aromatic carbocycles. The number of anilines is 1. The predicted octanol–water partition coefficient (Wildman–Crippen LogP) is 3.48. The van der Waals surface area contributed by atoms with Crippen LogP contribution in [0.25, 0.3) is 0 Å². The van der Waals surface area contributed by atoms with Gasteiger partial charge in [0.05, 0.1) is 17.3 Å². The zero-order valence-corrected chi connectivity index (χ0v) is 26.2. The van der Waals surface area contributed by atoms with Crippen molar-refractivity contribution >= 4 is 29.3 Å². The fourth-order valence-electron chi connectivity index (χ4n) is 5.92. The lowest BCUT2D eigenvalue weighted by molar-refractivity contribution is -0.149. The van der Waals surface area contributed by atoms with Gasteiger partial charge in [0, 0.05) is 38.2 Å². The van der Waals surface area contributed by atoms with Crippen LogP contribution in [0, 0.1) is 23.1 Å². The molecule has 0 radical (unpaired) electrons. The van der Waals surface area contributed by atoms with E-state index in [-0.39, 0.29) is 23.6 Å². The molecule has 1 heterocycles. The maximum atomic E-state index is 15.4. The third-order valence-corrected chi connectivity index (χ3v) is 8.68. The van der Waals surface area contributed by atoms with Crippen LogP contribution in [-0.4, -0.2) is 78.7 Å². The molecular formula is C34H39F3N6O4. The van der Waals surface area contributed by atoms with Gasteiger partial charge in [-0.15, -0.1) is 0 Å². The maximum Gasteiger partial charge on any atom is 0.349 e. The number of nitriles is 1. The molecule has 2 atom stereocenters. The van der Waals surface area contributed by atoms with Crippen LogP contribution in [0.2, 0.25) is 0 Å². The Morgan fingerprint density at radius 2 is 1.74 bits per heavy atom. The first-order chi connectivity index (χ1) is 22.4. The molecule has 2 unspecified atom stereocenters. The van der Waals surface area contributed by atoms with Crippen molar-refractivity contribution in [3.8, 4) is 6.07 Å². The van der Waals surface area contributed by atoms with Gasteiger partial charge in [0.2, 0.25) is 17.7 Å². The lowest BCUT2D eigenvalue weighted by Gasteiger charge is -2.34. The molecule has 47 heavy (non-hydrogen) atoms. The van der Waals surface area contributed by atoms with E-state index in [9.17, 15) is 19.2 Å². The second kappa shape index (κ2) is 15.7. The molecule has 0 aromatic heterocycles. The number of hydrogen-bond donors (Lipinski definition) is 3. The summed E-state index contributed by atoms with van der Waals surface area (Å²) in [5, 5.41) is 16.4. The molecule has 2 aliphatic rings. The fourth-order valence-corrected chi connectivity index (χ4v) is 5.92. The van der Waals surface area contributed by atoms with Crippen molar-refractivity contribution in [1.82, 2.24) is 20.4 Å². The maximum absolute atomic E-state index is 15.4. The Balaban J connectivity index is 1.50. The number of hydrogen-bond acceptors (Lipinski definition) is 6. The summed E-state index contributed by atoms with van der Waals surface area (Å²) in [5.74, 6) is -8.75. The van der Waals surface area contributed by atoms with E-state index in [1.165, 1.54) is 24.3 Å². The van der Waals surface area contributed by atoms with Crippen LogP contribution in [0.15, 0.2) is 55.1 Å². The van der Waals surface area contributed by atoms with E-state index < -0.39 is 53.0 Å². The molecule has 1 saturated heterocycles. The monoisotopic (exact) mass is 652 g/mol. The van der Waals surface area contributed by atoms with Crippen molar-refractivity contribution in [2.24, 2.45) is 5.92 Å². The van der Waals surface area contributed by atoms with E-state index in [1.54, 1.807) is 11.0 Å². The molecule has 3 N–H and O–H groups in total. The highest BCUT2D eigenvalue weighted by Crippen LogP contribution is 2.32. The molecule has 13 heteroatoms. The summed E-state index contributed by atoms with van der Waals surface area (Å²) in [6, 6.07) is 7.84. The number of piperazine rings is 1. The minimum Gasteiger partial charge on any atom is -0.340 e. The van der Waals surface area contributed by atoms with Gasteiger partial charge in [-0.25, -0.2) is 4.39 Å². The minimum absolute atomic E-state index is 0.0290. The van der Waals surface area contributed by atoms with Gasteiger partial charge in [-0.1, -0.05) is 44.0 Å². The summed E-state index contributed by atoms with van der Waals surface area (Å²) in [7, 11) is 1.94. The molecule has 1 aliphatic carbocycles. The minimum atomic E-state index is -4.04. The summed E-state index contributed by atoms with van der Waals surface area (Å²) in [5.41, 5.74) is -0.603. The number of halogens is 3. The second-order valence-corrected chi connectivity index (χ2v) is 12.0. The van der Waals surface area contributed by atoms with Crippen molar-refractivity contribution in [1.29, 1.82) is 5.26 Å². The second-order valence-electron chi connectivity index (χ2n) is 12.0. The van der Waals surface area contributed by atoms with Crippen molar-refractivity contribution in [3.05, 3.63) is 77.6 Å². The molecule has 0 spiro atoms. The molecule has 1 aliphatic heterocycles. The van der Waals surface area contributed by atoms with Gasteiger partial charge in [-0.3, -0.25) is 19.2 Å². The fraction of sp³-hybridized carbons (Fsp3) is 0.441. The third-order valence-electron chi connectivity index (χ3n) is 8.68. The number of nitrogens with one attached hydrogen (secondary N) is 3. The Hall–Kier alpha value is -4.70. The Morgan fingerprint density at radius 1 is 1.04 bits per heavy atom. The van der Waals surface area contributed by atoms with Crippen LogP contribution in [0.5, 0.6) is 0 Å². The van der Waals surface area contributed by atoms with Gasteiger partial charge in [-0.05, 0) is 61.7 Å². The summed E-state index contributed by atoms with van der Waals surface area (Å²) in [6.07, 6.45) is 4.41. The van der Waals surface area contributed by atoms with Crippen LogP contribution in [0.4, 0.5) is 18.9 Å². The van der Waals surface area contributed by atoms with Gasteiger partial charge >= 0.3 is 5.92 Å². The van der Waals surface area contributed by atoms with Crippen molar-refractivity contribution in [2.75, 3.05) is 38.5 Å². The number of amides is 4. The first-order valence-corrected chi connectivity index (χ1v) is 15.6. The Bertz CT molecular complexity index is 1530. The lowest BCUT2D eigenvalue weighted by Crippen LogP contribution is -2.54. The number of carbonyl (C=O) groups excluding carboxylic acids is 4. The molecule has 4 amide bonds. The van der Waals surface area contributed by atoms with E-state index in [2.05, 4.69) is 27.4 Å². The Morgan fingerprint density at radius 3 is 2.38 bits per heavy atom. The van der Waals surface area contributed by atoms with E-state index >= 15 is 13.2 Å². The summed E-state index contributed by atoms with van der Waals surface area (Å²) in [4.78, 5) is 55.5. The smallest absolute Gasteiger partial charge is 0.340 e. The molecule has 2 fully saturated rings. The van der Waals surface area contributed by atoms with E-state index in [0.717, 1.165) is 43.5 Å². The standard InChI is InChI=1S/C34H39F3N6O4/c1-3-29(44)39-28(32(46)43-16-14-42(2)15-17-43)20-22-12-13-27(26(35)19-22)40-31(45)30(24-9-5-4-6-10-24)41-33(47)34(36,37)25-11-7-8-23(18-25)21-38/h3,7-8,11-13,18-19,24,28,30H,1,4-6,9-10,14-17,20H2,2H3,(H,39,44)(H,40,45)(H,41,47). The van der Waals surface area contributed by atoms with Crippen molar-refractivity contribution < 1.29 is 32.3 Å². The normalized spacial score (nSPS) is 17.1. The number of rotatable bonds is 11. The average molecular weight is 653 g/mol. The summed E-state index contributed by atoms with van der Waals surface area (Å²) < 4.78 is 45.8. The molecule has 1 saturated carbocycles. The van der Waals surface area contributed by atoms with Gasteiger partial charge in [0.15, 0.2) is 0 Å². The predicted molar refractivity (Wildman–Crippen MR) is 168 cm³/mol. The van der Waals surface area contributed by atoms with Crippen molar-refractivity contribution in [3.63, 3.8) is 0 Å². The van der Waals surface area contributed by atoms with E-state index in [1.807, 2.05) is 7.05 Å². The first-order valence-electron chi connectivity index (χ1n) is 15.6. The highest BCUT2D eigenvalue weighted by atomic mass is 19.3. The molecule has 10 nitrogen and oxygen atoms in total. The zero-order valence-electron chi connectivity index (χ0n) is 26.2. The average Bonchev–Trinajstić information content (AvgIpc) is 3.08. The summed E-state index contributed by atoms with van der Waals surface area (Å²) >= 11 is 0. The van der Waals surface area contributed by atoms with E-state index in [0.29, 0.717) is 44.6 Å². The molecular weight excluding hydrogens is 613 g/mol. The quantitative estimate of drug-likeness (QED) is 0.319. The SMILES string of the molecule is C=CC(=O)NC(Cc1ccc(NC(=O)C(NC(=O)C(F)(F)c2cccc(C#N)c2)C2CCCCC2)c(F)c1)C(=O)N1CCN(C)CC1. The molecule has 4 rings (SSSR count). The zero-order chi connectivity index (χ0) is 34.1. The molecule has 250 valence electrons. The van der Waals surface area contributed by atoms with E-state index in [4.69, 9.17) is 5.26 Å². The van der Waals surface area contributed by atoms with Crippen LogP contribution >= 0.6 is 0 Å². The van der Waals surface area contributed by atoms with Crippen LogP contribution in [0.1, 0.15) is 48.8 Å². The van der Waals surface area contributed by atoms with Gasteiger partial charge in [0.25, 0.3) is 5.91 Å². The number of carbonyl (C=O) groups is 4. The van der Waals surface area contributed by atoms with Crippen LogP contribution in [-0.2, 0) is 31.5 Å². The number of alkyl halides is 2. The third kappa shape index (κ3) is 8.98. The van der Waals surface area contributed by atoms with Crippen LogP contribution in [0.3, 0.4) is 0 Å². The van der Waals surface area contributed by atoms with Gasteiger partial charge < -0.3 is 25.8 Å². The number of nitrogens with zero attached hydrogens (tertiary/aromatic N) is 3. The van der Waals surface area contributed by atoms with Gasteiger partial charge in [0.1, 0.15) is 17.9 Å². The highest BCUT2D eigenvalue weighted by molar-refractivity contribution is 5.98. The van der Waals surface area contributed by atoms with Crippen molar-refractivity contribution in [2.45, 2.75) is 56.5 Å². The Labute approximate surface area is 272 Å². The van der Waals surface area contributed by atoms with Gasteiger partial charge in [-0.2, -0.15) is 14.0 Å².